The fourth-order valence-corrected chi connectivity index (χ4v) is 11.9. The van der Waals surface area contributed by atoms with Crippen molar-refractivity contribution < 1.29 is 4.74 Å². The minimum absolute atomic E-state index is 0.606. The van der Waals surface area contributed by atoms with Crippen molar-refractivity contribution in [2.75, 3.05) is 261 Å². The molecule has 4 saturated carbocycles. The molecular formula is C83H203N21O. The molecule has 22 nitrogen and oxygen atoms in total. The summed E-state index contributed by atoms with van der Waals surface area (Å²) in [5.74, 6) is 3.21. The van der Waals surface area contributed by atoms with Crippen LogP contribution in [0.4, 0.5) is 0 Å². The lowest BCUT2D eigenvalue weighted by molar-refractivity contribution is -0.0468. The molecule has 22 heteroatoms. The minimum Gasteiger partial charge on any atom is -0.379 e. The summed E-state index contributed by atoms with van der Waals surface area (Å²) >= 11 is 0. The van der Waals surface area contributed by atoms with Gasteiger partial charge in [0, 0.05) is 76.5 Å². The van der Waals surface area contributed by atoms with Crippen molar-refractivity contribution in [3.05, 3.63) is 0 Å². The molecule has 0 aromatic carbocycles. The molecule has 4 aliphatic rings. The molecule has 4 rings (SSSR count). The third-order valence-electron chi connectivity index (χ3n) is 17.5. The van der Waals surface area contributed by atoms with Crippen molar-refractivity contribution in [2.24, 2.45) is 34.6 Å². The molecule has 0 radical (unpaired) electrons. The van der Waals surface area contributed by atoms with Gasteiger partial charge in [-0.2, -0.15) is 0 Å². The highest BCUT2D eigenvalue weighted by molar-refractivity contribution is 5.01. The summed E-state index contributed by atoms with van der Waals surface area (Å²) in [7, 11) is 21.9. The number of ether oxygens (including phenoxy) is 1. The van der Waals surface area contributed by atoms with Gasteiger partial charge in [-0.25, -0.2) is 0 Å². The molecule has 4 fully saturated rings. The molecule has 0 atom stereocenters. The lowest BCUT2D eigenvalue weighted by Gasteiger charge is -2.56. The molecule has 4 bridgehead atoms. The number of hydrogen-bond donors (Lipinski definition) is 20. The molecule has 22 N–H and O–H groups in total. The Kier molecular flexibility index (Phi) is 125. The molecule has 0 heterocycles. The van der Waals surface area contributed by atoms with Crippen molar-refractivity contribution in [3.8, 4) is 0 Å². The molecule has 0 amide bonds. The van der Waals surface area contributed by atoms with E-state index in [-0.39, 0.29) is 0 Å². The van der Waals surface area contributed by atoms with Crippen molar-refractivity contribution in [2.45, 2.75) is 262 Å². The monoisotopic (exact) mass is 1510 g/mol. The normalized spacial score (nSPS) is 15.6. The summed E-state index contributed by atoms with van der Waals surface area (Å²) in [6, 6.07) is 2.45. The largest absolute Gasteiger partial charge is 0.379 e. The number of rotatable bonds is 59. The van der Waals surface area contributed by atoms with E-state index in [0.717, 1.165) is 175 Å². The number of likely N-dealkylation sites (N-methyl/N-ethyl adjacent to an activating group) is 6. The number of hydrogen-bond acceptors (Lipinski definition) is 22. The Hall–Kier alpha value is -0.880. The maximum absolute atomic E-state index is 5.93. The fourth-order valence-electron chi connectivity index (χ4n) is 11.9. The van der Waals surface area contributed by atoms with Crippen LogP contribution in [0.5, 0.6) is 0 Å². The minimum atomic E-state index is 0.606. The Morgan fingerprint density at radius 1 is 0.314 bits per heavy atom. The van der Waals surface area contributed by atoms with Crippen molar-refractivity contribution in [1.29, 1.82) is 0 Å². The molecule has 105 heavy (non-hydrogen) atoms. The summed E-state index contributed by atoms with van der Waals surface area (Å²) in [4.78, 5) is 2.38. The second-order valence-electron chi connectivity index (χ2n) is 29.9. The average molecular weight is 1510 g/mol. The van der Waals surface area contributed by atoms with Gasteiger partial charge in [0.05, 0.1) is 13.2 Å². The maximum Gasteiger partial charge on any atom is 0.0591 e. The maximum atomic E-state index is 5.93. The van der Waals surface area contributed by atoms with Gasteiger partial charge in [-0.1, -0.05) is 148 Å². The van der Waals surface area contributed by atoms with Crippen LogP contribution in [-0.4, -0.2) is 290 Å². The topological polar surface area (TPSA) is 281 Å². The first-order valence-corrected chi connectivity index (χ1v) is 43.6. The summed E-state index contributed by atoms with van der Waals surface area (Å²) in [5, 5.41) is 57.1. The van der Waals surface area contributed by atoms with Crippen LogP contribution in [0.2, 0.25) is 0 Å². The lowest BCUT2D eigenvalue weighted by Crippen LogP contribution is -2.49. The van der Waals surface area contributed by atoms with Gasteiger partial charge in [0.25, 0.3) is 0 Å². The first-order valence-electron chi connectivity index (χ1n) is 43.6. The molecule has 0 aromatic heterocycles. The Morgan fingerprint density at radius 3 is 0.895 bits per heavy atom. The molecule has 0 aromatic rings. The fraction of sp³-hybridized carbons (Fsp3) is 1.00. The Labute approximate surface area is 659 Å². The van der Waals surface area contributed by atoms with Crippen LogP contribution in [0, 0.1) is 23.2 Å². The quantitative estimate of drug-likeness (QED) is 0.0255. The van der Waals surface area contributed by atoms with Gasteiger partial charge in [0.15, 0.2) is 0 Å². The molecular weight excluding hydrogens is 1310 g/mol. The van der Waals surface area contributed by atoms with E-state index < -0.39 is 0 Å². The van der Waals surface area contributed by atoms with Crippen molar-refractivity contribution in [1.82, 2.24) is 101 Å². The summed E-state index contributed by atoms with van der Waals surface area (Å²) in [5.41, 5.74) is 11.9. The molecule has 0 saturated heterocycles. The smallest absolute Gasteiger partial charge is 0.0591 e. The Bertz CT molecular complexity index is 1280. The van der Waals surface area contributed by atoms with Crippen LogP contribution in [0.3, 0.4) is 0 Å². The van der Waals surface area contributed by atoms with Crippen LogP contribution in [0.25, 0.3) is 0 Å². The number of nitrogens with zero attached hydrogens (tertiary/aromatic N) is 1. The van der Waals surface area contributed by atoms with Crippen LogP contribution in [0.1, 0.15) is 238 Å². The van der Waals surface area contributed by atoms with Gasteiger partial charge in [-0.15, -0.1) is 0 Å². The molecule has 646 valence electrons. The molecule has 0 unspecified atom stereocenters. The third kappa shape index (κ3) is 122. The van der Waals surface area contributed by atoms with Gasteiger partial charge in [0.1, 0.15) is 0 Å². The number of nitrogens with one attached hydrogen (secondary N) is 18. The second-order valence-corrected chi connectivity index (χ2v) is 29.9. The third-order valence-corrected chi connectivity index (χ3v) is 17.5. The zero-order chi connectivity index (χ0) is 80.6. The van der Waals surface area contributed by atoms with E-state index in [4.69, 9.17) is 16.2 Å². The van der Waals surface area contributed by atoms with Gasteiger partial charge >= 0.3 is 0 Å². The predicted octanol–water partition coefficient (Wildman–Crippen LogP) is 8.21. The summed E-state index contributed by atoms with van der Waals surface area (Å²) < 4.78 is 5.19. The van der Waals surface area contributed by atoms with Gasteiger partial charge in [-0.3, -0.25) is 0 Å². The van der Waals surface area contributed by atoms with Crippen LogP contribution >= 0.6 is 0 Å². The van der Waals surface area contributed by atoms with Crippen LogP contribution < -0.4 is 107 Å². The predicted molar refractivity (Wildman–Crippen MR) is 477 cm³/mol. The Balaban J connectivity index is -0.000000165. The van der Waals surface area contributed by atoms with E-state index in [1.807, 2.05) is 70.5 Å². The molecule has 4 aliphatic carbocycles. The van der Waals surface area contributed by atoms with E-state index in [9.17, 15) is 0 Å². The summed E-state index contributed by atoms with van der Waals surface area (Å²) in [6.07, 6.45) is 31.5. The molecule has 0 aliphatic heterocycles. The first-order chi connectivity index (χ1) is 50.8. The first kappa shape index (κ1) is 120. The Morgan fingerprint density at radius 2 is 0.590 bits per heavy atom. The van der Waals surface area contributed by atoms with E-state index in [0.29, 0.717) is 29.6 Å². The zero-order valence-corrected chi connectivity index (χ0v) is 75.6. The van der Waals surface area contributed by atoms with E-state index in [2.05, 4.69) is 198 Å². The number of unbranched alkanes of at least 4 members (excludes halogenated alkanes) is 10. The standard InChI is InChI=1S/C11H19N.C10H23N.C9H23N3.C9H22N2.2C8H20N2.C7H18N2.C6H16N2O.C6H16N2.C5H14N2.C4H12N2/c12-7-11-4-8-1-9(5-11)3-10(2-8)6-11;1-2-3-4-5-6-7-8-9-10-11;1-10-6-4-8-12(3)9-5-7-11-2;1-8(2)10-6-5-7-11-9(3)4;1-7(2)9-5-6-10-8(3)4;1-9-7-5-3-4-6-8-10-2;1-3-8-6-5-7-9-4-2;1-7-3-5-9-6-4-8-2;1-3-7-5-6-8-4-2;1-6-4-3-5-7-2;1-5-3-4-6-2/h8-10H,1-7,12H2;2-11H2,1H3;10-11H,4-9H2,1-3H3;8-11H,5-7H2,1-4H3;7-10H,5-6H2,1-4H3;9-10H,3-8H2,1-2H3;8-9H,3-7H2,1-2H3;7-8H,3-6H2,1-2H3;7-8H,3-6H2,1-2H3;6-7H,3-5H2,1-2H3;5-6H,3-4H2,1-2H3. The number of nitrogens with two attached hydrogens (primary N) is 2. The van der Waals surface area contributed by atoms with E-state index in [1.54, 1.807) is 0 Å². The summed E-state index contributed by atoms with van der Waals surface area (Å²) in [6.45, 7) is 57.9. The highest BCUT2D eigenvalue weighted by atomic mass is 16.5. The van der Waals surface area contributed by atoms with Crippen LogP contribution in [-0.2, 0) is 4.74 Å². The van der Waals surface area contributed by atoms with Gasteiger partial charge in [0.2, 0.25) is 0 Å². The SMILES string of the molecule is CC(C)NCCCNC(C)C.CC(C)NCCNC(C)C.CCCCCCCCCCN.CCNCCCNCC.CCNCCNCC.CNCCCCCCNC.CNCCCN(C)CCCNC.CNCCCNC.CNCCNC.CNCCOCCNC.NCC12CC3CC(CC(C3)C1)C2. The zero-order valence-electron chi connectivity index (χ0n) is 75.6. The van der Waals surface area contributed by atoms with Crippen LogP contribution in [0.15, 0.2) is 0 Å². The average Bonchev–Trinajstić information content (AvgIpc) is 0.758. The van der Waals surface area contributed by atoms with Crippen molar-refractivity contribution in [3.63, 3.8) is 0 Å². The van der Waals surface area contributed by atoms with Crippen molar-refractivity contribution >= 4 is 0 Å². The second kappa shape index (κ2) is 109. The van der Waals surface area contributed by atoms with Gasteiger partial charge < -0.3 is 117 Å². The lowest BCUT2D eigenvalue weighted by atomic mass is 9.50. The highest BCUT2D eigenvalue weighted by Crippen LogP contribution is 2.59. The molecule has 0 spiro atoms. The van der Waals surface area contributed by atoms with Gasteiger partial charge in [-0.05, 0) is 308 Å². The van der Waals surface area contributed by atoms with E-state index in [1.165, 1.54) is 174 Å². The van der Waals surface area contributed by atoms with E-state index >= 15 is 0 Å². The highest BCUT2D eigenvalue weighted by Gasteiger charge is 2.50.